The highest BCUT2D eigenvalue weighted by molar-refractivity contribution is 6.07. The fraction of sp³-hybridized carbons (Fsp3) is 0.216. The number of nitrogens with zero attached hydrogens (tertiary/aromatic N) is 2. The van der Waals surface area contributed by atoms with E-state index >= 15 is 0 Å². The van der Waals surface area contributed by atoms with Crippen molar-refractivity contribution in [1.82, 2.24) is 14.8 Å². The van der Waals surface area contributed by atoms with E-state index in [0.717, 1.165) is 17.3 Å². The summed E-state index contributed by atoms with van der Waals surface area (Å²) in [5.74, 6) is -0.587. The molecule has 0 radical (unpaired) electrons. The minimum absolute atomic E-state index is 0.0188. The highest BCUT2D eigenvalue weighted by Gasteiger charge is 2.21. The van der Waals surface area contributed by atoms with Crippen LogP contribution in [0.2, 0.25) is 0 Å². The summed E-state index contributed by atoms with van der Waals surface area (Å²) in [5, 5.41) is 3.76. The summed E-state index contributed by atoms with van der Waals surface area (Å²) in [5.41, 5.74) is 4.24. The molecule has 2 amide bonds. The van der Waals surface area contributed by atoms with Gasteiger partial charge in [0, 0.05) is 48.2 Å². The SMILES string of the molecule is CCOC(=O)Cn1cc(C(=O)NCCN(CCC(c2ccccc2)c2ccccc2)C(=O)c2ccccc2)c2ccccc21. The van der Waals surface area contributed by atoms with Crippen LogP contribution in [0.25, 0.3) is 10.9 Å². The number of ether oxygens (including phenoxy) is 1. The molecule has 0 aliphatic heterocycles. The number of carbonyl (C=O) groups is 3. The molecule has 1 N–H and O–H groups in total. The number of rotatable bonds is 13. The van der Waals surface area contributed by atoms with Crippen LogP contribution in [0.5, 0.6) is 0 Å². The van der Waals surface area contributed by atoms with Crippen LogP contribution in [0.1, 0.15) is 51.1 Å². The van der Waals surface area contributed by atoms with Gasteiger partial charge in [-0.3, -0.25) is 14.4 Å². The van der Waals surface area contributed by atoms with Crippen molar-refractivity contribution in [3.8, 4) is 0 Å². The molecule has 1 heterocycles. The van der Waals surface area contributed by atoms with Gasteiger partial charge in [0.2, 0.25) is 0 Å². The molecule has 1 aromatic heterocycles. The van der Waals surface area contributed by atoms with Crippen molar-refractivity contribution in [3.05, 3.63) is 144 Å². The molecule has 0 aliphatic rings. The average molecular weight is 588 g/mol. The van der Waals surface area contributed by atoms with E-state index in [1.54, 1.807) is 17.7 Å². The van der Waals surface area contributed by atoms with Gasteiger partial charge < -0.3 is 19.5 Å². The Morgan fingerprint density at radius 3 is 2.00 bits per heavy atom. The lowest BCUT2D eigenvalue weighted by molar-refractivity contribution is -0.143. The predicted octanol–water partition coefficient (Wildman–Crippen LogP) is 6.30. The Kier molecular flexibility index (Phi) is 10.2. The van der Waals surface area contributed by atoms with Crippen LogP contribution in [0.3, 0.4) is 0 Å². The summed E-state index contributed by atoms with van der Waals surface area (Å²) in [6.07, 6.45) is 2.41. The van der Waals surface area contributed by atoms with E-state index in [1.807, 2.05) is 95.9 Å². The Balaban J connectivity index is 1.32. The van der Waals surface area contributed by atoms with Gasteiger partial charge in [0.15, 0.2) is 0 Å². The average Bonchev–Trinajstić information content (AvgIpc) is 3.43. The molecule has 0 fully saturated rings. The minimum atomic E-state index is -0.361. The second-order valence-electron chi connectivity index (χ2n) is 10.6. The Morgan fingerprint density at radius 2 is 1.36 bits per heavy atom. The van der Waals surface area contributed by atoms with Crippen LogP contribution >= 0.6 is 0 Å². The number of fused-ring (bicyclic) bond motifs is 1. The Bertz CT molecular complexity index is 1640. The van der Waals surface area contributed by atoms with Crippen LogP contribution < -0.4 is 5.32 Å². The number of amides is 2. The highest BCUT2D eigenvalue weighted by atomic mass is 16.5. The summed E-state index contributed by atoms with van der Waals surface area (Å²) in [4.78, 5) is 41.1. The first kappa shape index (κ1) is 30.3. The molecule has 0 saturated carbocycles. The third kappa shape index (κ3) is 7.42. The van der Waals surface area contributed by atoms with E-state index in [0.29, 0.717) is 30.8 Å². The lowest BCUT2D eigenvalue weighted by atomic mass is 9.88. The smallest absolute Gasteiger partial charge is 0.325 e. The standard InChI is InChI=1S/C37H37N3O4/c1-2-44-35(41)27-40-26-33(32-20-12-13-21-34(32)40)36(42)38-23-25-39(37(43)30-18-10-5-11-19-30)24-22-31(28-14-6-3-7-15-28)29-16-8-4-9-17-29/h3-21,26,31H,2,22-25,27H2,1H3,(H,38,42). The third-order valence-electron chi connectivity index (χ3n) is 7.70. The van der Waals surface area contributed by atoms with Gasteiger partial charge in [-0.15, -0.1) is 0 Å². The number of hydrogen-bond acceptors (Lipinski definition) is 4. The fourth-order valence-electron chi connectivity index (χ4n) is 5.56. The topological polar surface area (TPSA) is 80.6 Å². The number of esters is 1. The van der Waals surface area contributed by atoms with E-state index in [9.17, 15) is 14.4 Å². The van der Waals surface area contributed by atoms with E-state index in [1.165, 1.54) is 11.1 Å². The normalized spacial score (nSPS) is 11.0. The van der Waals surface area contributed by atoms with Gasteiger partial charge in [-0.05, 0) is 42.7 Å². The van der Waals surface area contributed by atoms with E-state index in [4.69, 9.17) is 4.74 Å². The van der Waals surface area contributed by atoms with Crippen LogP contribution in [0.15, 0.2) is 121 Å². The quantitative estimate of drug-likeness (QED) is 0.164. The number of nitrogens with one attached hydrogen (secondary N) is 1. The van der Waals surface area contributed by atoms with Gasteiger partial charge in [0.25, 0.3) is 11.8 Å². The molecule has 0 atom stereocenters. The van der Waals surface area contributed by atoms with Crippen molar-refractivity contribution in [2.75, 3.05) is 26.2 Å². The van der Waals surface area contributed by atoms with Gasteiger partial charge in [0.05, 0.1) is 12.2 Å². The molecule has 7 heteroatoms. The van der Waals surface area contributed by atoms with Crippen LogP contribution in [-0.4, -0.2) is 53.5 Å². The number of benzene rings is 4. The molecule has 0 bridgehead atoms. The maximum atomic E-state index is 13.7. The maximum Gasteiger partial charge on any atom is 0.325 e. The van der Waals surface area contributed by atoms with Gasteiger partial charge >= 0.3 is 5.97 Å². The monoisotopic (exact) mass is 587 g/mol. The largest absolute Gasteiger partial charge is 0.465 e. The zero-order valence-corrected chi connectivity index (χ0v) is 24.9. The second kappa shape index (κ2) is 14.8. The molecule has 7 nitrogen and oxygen atoms in total. The molecule has 224 valence electrons. The predicted molar refractivity (Wildman–Crippen MR) is 173 cm³/mol. The van der Waals surface area contributed by atoms with Gasteiger partial charge in [-0.1, -0.05) is 97.1 Å². The molecule has 44 heavy (non-hydrogen) atoms. The lowest BCUT2D eigenvalue weighted by Gasteiger charge is -2.26. The Labute approximate surface area is 258 Å². The minimum Gasteiger partial charge on any atom is -0.465 e. The summed E-state index contributed by atoms with van der Waals surface area (Å²) >= 11 is 0. The van der Waals surface area contributed by atoms with Crippen molar-refractivity contribution >= 4 is 28.7 Å². The molecule has 5 aromatic rings. The summed E-state index contributed by atoms with van der Waals surface area (Å²) in [7, 11) is 0. The van der Waals surface area contributed by atoms with Crippen LogP contribution in [0.4, 0.5) is 0 Å². The van der Waals surface area contributed by atoms with E-state index in [2.05, 4.69) is 29.6 Å². The van der Waals surface area contributed by atoms with Crippen molar-refractivity contribution in [2.24, 2.45) is 0 Å². The van der Waals surface area contributed by atoms with Crippen molar-refractivity contribution in [3.63, 3.8) is 0 Å². The first-order chi connectivity index (χ1) is 21.5. The second-order valence-corrected chi connectivity index (χ2v) is 10.6. The molecule has 0 saturated heterocycles. The number of para-hydroxylation sites is 1. The number of hydrogen-bond donors (Lipinski definition) is 1. The number of aromatic nitrogens is 1. The number of carbonyl (C=O) groups excluding carboxylic acids is 3. The first-order valence-electron chi connectivity index (χ1n) is 15.0. The molecule has 0 unspecified atom stereocenters. The van der Waals surface area contributed by atoms with Gasteiger partial charge in [-0.25, -0.2) is 0 Å². The molecule has 0 aliphatic carbocycles. The lowest BCUT2D eigenvalue weighted by Crippen LogP contribution is -2.39. The molecule has 4 aromatic carbocycles. The Hall–Kier alpha value is -5.17. The zero-order chi connectivity index (χ0) is 30.7. The van der Waals surface area contributed by atoms with Crippen LogP contribution in [-0.2, 0) is 16.1 Å². The fourth-order valence-corrected chi connectivity index (χ4v) is 5.56. The third-order valence-corrected chi connectivity index (χ3v) is 7.70. The summed E-state index contributed by atoms with van der Waals surface area (Å²) < 4.78 is 6.85. The van der Waals surface area contributed by atoms with Crippen molar-refractivity contribution < 1.29 is 19.1 Å². The Morgan fingerprint density at radius 1 is 0.773 bits per heavy atom. The van der Waals surface area contributed by atoms with Gasteiger partial charge in [-0.2, -0.15) is 0 Å². The zero-order valence-electron chi connectivity index (χ0n) is 24.9. The van der Waals surface area contributed by atoms with Crippen molar-refractivity contribution in [2.45, 2.75) is 25.8 Å². The van der Waals surface area contributed by atoms with E-state index < -0.39 is 0 Å². The molecular formula is C37H37N3O4. The summed E-state index contributed by atoms with van der Waals surface area (Å²) in [6.45, 7) is 3.20. The molecular weight excluding hydrogens is 550 g/mol. The van der Waals surface area contributed by atoms with E-state index in [-0.39, 0.29) is 36.8 Å². The van der Waals surface area contributed by atoms with Crippen LogP contribution in [0, 0.1) is 0 Å². The highest BCUT2D eigenvalue weighted by Crippen LogP contribution is 2.28. The maximum absolute atomic E-state index is 13.7. The van der Waals surface area contributed by atoms with Crippen molar-refractivity contribution in [1.29, 1.82) is 0 Å². The first-order valence-corrected chi connectivity index (χ1v) is 15.0. The summed E-state index contributed by atoms with van der Waals surface area (Å²) in [6, 6.07) is 37.4. The molecule has 5 rings (SSSR count). The van der Waals surface area contributed by atoms with Gasteiger partial charge in [0.1, 0.15) is 6.54 Å². The molecule has 0 spiro atoms.